The molecule has 18 heteroatoms. The molecule has 1 aliphatic rings. The van der Waals surface area contributed by atoms with Crippen LogP contribution in [-0.2, 0) is 39.1 Å². The molecule has 1 aliphatic heterocycles. The fourth-order valence-electron chi connectivity index (χ4n) is 4.31. The maximum absolute atomic E-state index is 13.9. The van der Waals surface area contributed by atoms with Crippen molar-refractivity contribution in [2.45, 2.75) is 91.3 Å². The van der Waals surface area contributed by atoms with Gasteiger partial charge in [0.2, 0.25) is 0 Å². The second kappa shape index (κ2) is 16.3. The molecular formula is C30H43N6O10PS. The van der Waals surface area contributed by atoms with Gasteiger partial charge in [0, 0.05) is 34.3 Å². The Morgan fingerprint density at radius 3 is 2.46 bits per heavy atom. The number of carbonyl (C=O) groups excluding carboxylic acids is 2. The number of hydrogen-bond acceptors (Lipinski definition) is 13. The largest absolute Gasteiger partial charge is 0.530 e. The maximum Gasteiger partial charge on any atom is 0.530 e. The minimum Gasteiger partial charge on any atom is -0.459 e. The van der Waals surface area contributed by atoms with E-state index in [0.717, 1.165) is 11.8 Å². The number of rotatable bonds is 14. The van der Waals surface area contributed by atoms with Gasteiger partial charge in [-0.3, -0.25) is 33.0 Å². The van der Waals surface area contributed by atoms with Crippen molar-refractivity contribution < 1.29 is 37.2 Å². The van der Waals surface area contributed by atoms with Crippen molar-refractivity contribution in [2.24, 2.45) is 16.3 Å². The van der Waals surface area contributed by atoms with Crippen molar-refractivity contribution in [3.8, 4) is 5.75 Å². The molecular weight excluding hydrogens is 667 g/mol. The summed E-state index contributed by atoms with van der Waals surface area (Å²) in [6, 6.07) is 4.54. The van der Waals surface area contributed by atoms with Gasteiger partial charge in [0.15, 0.2) is 5.12 Å². The molecule has 0 saturated carbocycles. The van der Waals surface area contributed by atoms with Gasteiger partial charge < -0.3 is 19.7 Å². The SMILES string of the molecule is Cc1cn([C@H]2C[C@H](N=[N+]=[N-])[C@@H](COP(=O)(OCCSC(=O)C(C)(C)C)Oc3ccc(C[C@H](N)C(=O)OC(C)(C)C)cc3)O2)c(=O)[nH]c1=O. The van der Waals surface area contributed by atoms with Crippen LogP contribution >= 0.6 is 19.6 Å². The minimum atomic E-state index is -4.39. The Bertz CT molecular complexity index is 1660. The first-order valence-corrected chi connectivity index (χ1v) is 17.6. The summed E-state index contributed by atoms with van der Waals surface area (Å²) < 4.78 is 43.3. The Morgan fingerprint density at radius 2 is 1.85 bits per heavy atom. The number of nitrogens with zero attached hydrogens (tertiary/aromatic N) is 4. The second-order valence-corrected chi connectivity index (χ2v) is 15.8. The standard InChI is InChI=1S/C30H43N6O10PS/c1-18-16-36(28(40)33-25(18)37)24-15-22(34-35-32)23(44-24)17-43-47(41,42-12-13-48-27(39)29(2,3)4)46-20-10-8-19(9-11-20)14-21(31)26(38)45-30(5,6)7/h8-11,16,21-24H,12-15,17,31H2,1-7H3,(H,33,37,40)/t21-,22-,23+,24+,47?/m0/s1. The van der Waals surface area contributed by atoms with Gasteiger partial charge in [-0.25, -0.2) is 9.36 Å². The lowest BCUT2D eigenvalue weighted by atomic mass is 10.00. The van der Waals surface area contributed by atoms with Crippen LogP contribution in [0.3, 0.4) is 0 Å². The normalized spacial score (nSPS) is 20.0. The zero-order chi connectivity index (χ0) is 35.9. The molecule has 3 N–H and O–H groups in total. The van der Waals surface area contributed by atoms with Crippen molar-refractivity contribution in [1.29, 1.82) is 0 Å². The second-order valence-electron chi connectivity index (χ2n) is 13.2. The molecule has 0 bridgehead atoms. The summed E-state index contributed by atoms with van der Waals surface area (Å²) in [6.45, 7) is 11.5. The molecule has 3 rings (SSSR count). The first kappa shape index (κ1) is 39.0. The summed E-state index contributed by atoms with van der Waals surface area (Å²) in [5.41, 5.74) is 13.6. The molecule has 5 atom stereocenters. The Hall–Kier alpha value is -3.43. The molecule has 2 heterocycles. The number of aryl methyl sites for hydroxylation is 1. The van der Waals surface area contributed by atoms with E-state index in [9.17, 15) is 23.7 Å². The molecule has 1 unspecified atom stereocenters. The van der Waals surface area contributed by atoms with E-state index < -0.39 is 67.1 Å². The zero-order valence-corrected chi connectivity index (χ0v) is 29.7. The van der Waals surface area contributed by atoms with E-state index in [1.807, 2.05) is 0 Å². The third-order valence-electron chi connectivity index (χ3n) is 6.74. The van der Waals surface area contributed by atoms with Crippen LogP contribution in [0.5, 0.6) is 5.75 Å². The van der Waals surface area contributed by atoms with Gasteiger partial charge in [-0.05, 0) is 57.3 Å². The smallest absolute Gasteiger partial charge is 0.459 e. The van der Waals surface area contributed by atoms with E-state index in [2.05, 4.69) is 15.0 Å². The van der Waals surface area contributed by atoms with Gasteiger partial charge in [-0.1, -0.05) is 49.8 Å². The molecule has 0 aliphatic carbocycles. The van der Waals surface area contributed by atoms with Gasteiger partial charge in [0.25, 0.3) is 5.56 Å². The predicted octanol–water partition coefficient (Wildman–Crippen LogP) is 4.55. The number of esters is 1. The molecule has 1 aromatic heterocycles. The van der Waals surface area contributed by atoms with Crippen LogP contribution in [0, 0.1) is 12.3 Å². The van der Waals surface area contributed by atoms with Gasteiger partial charge in [-0.2, -0.15) is 0 Å². The highest BCUT2D eigenvalue weighted by Crippen LogP contribution is 2.50. The number of phosphoric acid groups is 1. The van der Waals surface area contributed by atoms with Crippen molar-refractivity contribution in [3.63, 3.8) is 0 Å². The summed E-state index contributed by atoms with van der Waals surface area (Å²) in [5.74, 6) is -0.280. The average molecular weight is 711 g/mol. The summed E-state index contributed by atoms with van der Waals surface area (Å²) in [5, 5.41) is 3.67. The fraction of sp³-hybridized carbons (Fsp3) is 0.600. The number of ether oxygens (including phenoxy) is 2. The number of aromatic nitrogens is 2. The van der Waals surface area contributed by atoms with Crippen molar-refractivity contribution in [3.05, 3.63) is 72.9 Å². The first-order valence-electron chi connectivity index (χ1n) is 15.2. The molecule has 1 aromatic carbocycles. The maximum atomic E-state index is 13.9. The van der Waals surface area contributed by atoms with Crippen molar-refractivity contribution in [2.75, 3.05) is 19.0 Å². The quantitative estimate of drug-likeness (QED) is 0.0687. The van der Waals surface area contributed by atoms with Gasteiger partial charge in [0.1, 0.15) is 23.6 Å². The van der Waals surface area contributed by atoms with E-state index in [0.29, 0.717) is 5.56 Å². The van der Waals surface area contributed by atoms with Gasteiger partial charge in [-0.15, -0.1) is 0 Å². The lowest BCUT2D eigenvalue weighted by Gasteiger charge is -2.23. The van der Waals surface area contributed by atoms with Crippen LogP contribution in [0.1, 0.15) is 65.3 Å². The number of hydrogen-bond donors (Lipinski definition) is 2. The van der Waals surface area contributed by atoms with Crippen molar-refractivity contribution in [1.82, 2.24) is 9.55 Å². The first-order chi connectivity index (χ1) is 22.3. The Kier molecular flexibility index (Phi) is 13.3. The van der Waals surface area contributed by atoms with Crippen LogP contribution in [0.15, 0.2) is 45.2 Å². The number of benzene rings is 1. The monoisotopic (exact) mass is 710 g/mol. The Morgan fingerprint density at radius 1 is 1.19 bits per heavy atom. The Balaban J connectivity index is 1.75. The number of nitrogens with two attached hydrogens (primary N) is 1. The predicted molar refractivity (Wildman–Crippen MR) is 179 cm³/mol. The topological polar surface area (TPSA) is 227 Å². The lowest BCUT2D eigenvalue weighted by Crippen LogP contribution is -2.38. The zero-order valence-electron chi connectivity index (χ0n) is 28.0. The molecule has 0 amide bonds. The van der Waals surface area contributed by atoms with E-state index in [-0.39, 0.29) is 41.6 Å². The molecule has 1 fully saturated rings. The molecule has 48 heavy (non-hydrogen) atoms. The number of thioether (sulfide) groups is 1. The van der Waals surface area contributed by atoms with Crippen LogP contribution in [0.25, 0.3) is 10.4 Å². The van der Waals surface area contributed by atoms with Crippen LogP contribution in [0.2, 0.25) is 0 Å². The minimum absolute atomic E-state index is 0.0634. The molecule has 1 saturated heterocycles. The third kappa shape index (κ3) is 11.6. The number of carbonyl (C=O) groups is 2. The Labute approximate surface area is 282 Å². The van der Waals surface area contributed by atoms with E-state index in [1.54, 1.807) is 53.7 Å². The highest BCUT2D eigenvalue weighted by molar-refractivity contribution is 8.13. The third-order valence-corrected chi connectivity index (χ3v) is 9.39. The average Bonchev–Trinajstić information content (AvgIpc) is 3.38. The molecule has 16 nitrogen and oxygen atoms in total. The molecule has 0 radical (unpaired) electrons. The summed E-state index contributed by atoms with van der Waals surface area (Å²) in [7, 11) is -4.39. The fourth-order valence-corrected chi connectivity index (χ4v) is 6.42. The molecule has 2 aromatic rings. The summed E-state index contributed by atoms with van der Waals surface area (Å²) in [4.78, 5) is 54.0. The number of phosphoric ester groups is 1. The summed E-state index contributed by atoms with van der Waals surface area (Å²) in [6.07, 6.45) is -0.317. The lowest BCUT2D eigenvalue weighted by molar-refractivity contribution is -0.156. The van der Waals surface area contributed by atoms with Crippen LogP contribution in [-0.4, -0.2) is 63.4 Å². The van der Waals surface area contributed by atoms with Gasteiger partial charge in [0.05, 0.1) is 25.4 Å². The number of nitrogens with one attached hydrogen (secondary N) is 1. The molecule has 0 spiro atoms. The van der Waals surface area contributed by atoms with Gasteiger partial charge >= 0.3 is 19.5 Å². The highest BCUT2D eigenvalue weighted by atomic mass is 32.2. The number of azide groups is 1. The molecule has 264 valence electrons. The van der Waals surface area contributed by atoms with E-state index >= 15 is 0 Å². The number of aromatic amines is 1. The highest BCUT2D eigenvalue weighted by Gasteiger charge is 2.40. The number of H-pyrrole nitrogens is 1. The summed E-state index contributed by atoms with van der Waals surface area (Å²) >= 11 is 1.01. The van der Waals surface area contributed by atoms with Crippen LogP contribution < -0.4 is 21.5 Å². The van der Waals surface area contributed by atoms with E-state index in [1.165, 1.54) is 29.8 Å². The van der Waals surface area contributed by atoms with Crippen molar-refractivity contribution >= 4 is 30.7 Å². The van der Waals surface area contributed by atoms with E-state index in [4.69, 9.17) is 34.3 Å². The van der Waals surface area contributed by atoms with Crippen LogP contribution in [0.4, 0.5) is 0 Å².